The summed E-state index contributed by atoms with van der Waals surface area (Å²) >= 11 is 5.85. The highest BCUT2D eigenvalue weighted by Gasteiger charge is 2.22. The monoisotopic (exact) mass is 342 g/mol. The molecule has 1 aliphatic rings. The van der Waals surface area contributed by atoms with Gasteiger partial charge in [-0.1, -0.05) is 17.7 Å². The van der Waals surface area contributed by atoms with E-state index in [2.05, 4.69) is 15.2 Å². The number of hydrogen-bond donors (Lipinski definition) is 2. The Morgan fingerprint density at radius 1 is 1.25 bits per heavy atom. The average molecular weight is 343 g/mol. The van der Waals surface area contributed by atoms with E-state index >= 15 is 0 Å². The molecule has 3 rings (SSSR count). The van der Waals surface area contributed by atoms with Gasteiger partial charge in [-0.15, -0.1) is 0 Å². The quantitative estimate of drug-likeness (QED) is 0.896. The van der Waals surface area contributed by atoms with E-state index in [1.807, 2.05) is 18.2 Å². The Hall–Kier alpha value is -2.37. The largest absolute Gasteiger partial charge is 0.401 e. The van der Waals surface area contributed by atoms with Crippen LogP contribution in [0.4, 0.5) is 5.69 Å². The molecule has 1 aromatic carbocycles. The van der Waals surface area contributed by atoms with Crippen LogP contribution in [0.2, 0.25) is 5.02 Å². The lowest BCUT2D eigenvalue weighted by Gasteiger charge is -2.28. The van der Waals surface area contributed by atoms with Crippen LogP contribution in [-0.2, 0) is 11.3 Å². The zero-order chi connectivity index (χ0) is 16.9. The van der Waals surface area contributed by atoms with Crippen LogP contribution < -0.4 is 11.1 Å². The van der Waals surface area contributed by atoms with Crippen LogP contribution in [-0.4, -0.2) is 28.9 Å². The lowest BCUT2D eigenvalue weighted by molar-refractivity contribution is -0.113. The first-order valence-electron chi connectivity index (χ1n) is 7.78. The second-order valence-electron chi connectivity index (χ2n) is 5.75. The SMILES string of the molecule is NC1=C(C(=O)Nc2ccc(Cl)cc2)CCN(Cc2ccccn2)C1. The Bertz CT molecular complexity index is 743. The van der Waals surface area contributed by atoms with Crippen LogP contribution >= 0.6 is 11.6 Å². The molecular formula is C18H19ClN4O. The van der Waals surface area contributed by atoms with Gasteiger partial charge in [-0.05, 0) is 42.8 Å². The molecule has 2 heterocycles. The van der Waals surface area contributed by atoms with Gasteiger partial charge in [0.15, 0.2) is 0 Å². The number of nitrogens with two attached hydrogens (primary N) is 1. The highest BCUT2D eigenvalue weighted by atomic mass is 35.5. The maximum Gasteiger partial charge on any atom is 0.253 e. The van der Waals surface area contributed by atoms with Gasteiger partial charge in [0.1, 0.15) is 0 Å². The van der Waals surface area contributed by atoms with E-state index in [0.29, 0.717) is 34.9 Å². The number of anilines is 1. The minimum Gasteiger partial charge on any atom is -0.401 e. The summed E-state index contributed by atoms with van der Waals surface area (Å²) in [5.41, 5.74) is 9.11. The molecule has 24 heavy (non-hydrogen) atoms. The first-order chi connectivity index (χ1) is 11.6. The number of amides is 1. The number of rotatable bonds is 4. The predicted octanol–water partition coefficient (Wildman–Crippen LogP) is 2.79. The molecule has 0 saturated carbocycles. The molecule has 2 aromatic rings. The van der Waals surface area contributed by atoms with Crippen LogP contribution in [0.5, 0.6) is 0 Å². The lowest BCUT2D eigenvalue weighted by atomic mass is 10.0. The number of nitrogens with zero attached hydrogens (tertiary/aromatic N) is 2. The molecule has 5 nitrogen and oxygen atoms in total. The van der Waals surface area contributed by atoms with Gasteiger partial charge in [-0.3, -0.25) is 14.7 Å². The highest BCUT2D eigenvalue weighted by Crippen LogP contribution is 2.19. The van der Waals surface area contributed by atoms with Gasteiger partial charge in [0, 0.05) is 47.8 Å². The molecule has 0 unspecified atom stereocenters. The van der Waals surface area contributed by atoms with Crippen molar-refractivity contribution in [2.45, 2.75) is 13.0 Å². The summed E-state index contributed by atoms with van der Waals surface area (Å²) in [4.78, 5) is 18.9. The summed E-state index contributed by atoms with van der Waals surface area (Å²) < 4.78 is 0. The predicted molar refractivity (Wildman–Crippen MR) is 95.4 cm³/mol. The minimum absolute atomic E-state index is 0.146. The average Bonchev–Trinajstić information content (AvgIpc) is 2.58. The van der Waals surface area contributed by atoms with Crippen LogP contribution in [0, 0.1) is 0 Å². The van der Waals surface area contributed by atoms with Gasteiger partial charge in [0.2, 0.25) is 0 Å². The topological polar surface area (TPSA) is 71.2 Å². The van der Waals surface area contributed by atoms with E-state index in [4.69, 9.17) is 17.3 Å². The number of nitrogens with one attached hydrogen (secondary N) is 1. The summed E-state index contributed by atoms with van der Waals surface area (Å²) in [6.07, 6.45) is 2.40. The fourth-order valence-electron chi connectivity index (χ4n) is 2.70. The smallest absolute Gasteiger partial charge is 0.253 e. The van der Waals surface area contributed by atoms with E-state index in [9.17, 15) is 4.79 Å². The van der Waals surface area contributed by atoms with Gasteiger partial charge in [0.25, 0.3) is 5.91 Å². The molecule has 1 aromatic heterocycles. The van der Waals surface area contributed by atoms with Crippen LogP contribution in [0.15, 0.2) is 59.9 Å². The van der Waals surface area contributed by atoms with Crippen molar-refractivity contribution in [3.63, 3.8) is 0 Å². The second-order valence-corrected chi connectivity index (χ2v) is 6.18. The second kappa shape index (κ2) is 7.47. The van der Waals surface area contributed by atoms with Gasteiger partial charge in [-0.2, -0.15) is 0 Å². The summed E-state index contributed by atoms with van der Waals surface area (Å²) in [6.45, 7) is 2.08. The molecule has 124 valence electrons. The van der Waals surface area contributed by atoms with Gasteiger partial charge < -0.3 is 11.1 Å². The number of benzene rings is 1. The van der Waals surface area contributed by atoms with E-state index in [0.717, 1.165) is 18.8 Å². The number of carbonyl (C=O) groups is 1. The van der Waals surface area contributed by atoms with Crippen molar-refractivity contribution < 1.29 is 4.79 Å². The van der Waals surface area contributed by atoms with Gasteiger partial charge in [-0.25, -0.2) is 0 Å². The molecule has 0 bridgehead atoms. The number of aromatic nitrogens is 1. The van der Waals surface area contributed by atoms with E-state index in [1.165, 1.54) is 0 Å². The number of carbonyl (C=O) groups excluding carboxylic acids is 1. The van der Waals surface area contributed by atoms with Crippen LogP contribution in [0.25, 0.3) is 0 Å². The molecule has 0 saturated heterocycles. The molecule has 1 aliphatic heterocycles. The molecular weight excluding hydrogens is 324 g/mol. The van der Waals surface area contributed by atoms with Crippen LogP contribution in [0.3, 0.4) is 0 Å². The third-order valence-corrected chi connectivity index (χ3v) is 4.20. The molecule has 0 atom stereocenters. The third-order valence-electron chi connectivity index (χ3n) is 3.95. The summed E-state index contributed by atoms with van der Waals surface area (Å²) in [5, 5.41) is 3.50. The molecule has 0 spiro atoms. The van der Waals surface area contributed by atoms with Crippen molar-refractivity contribution in [2.24, 2.45) is 5.73 Å². The third kappa shape index (κ3) is 4.13. The van der Waals surface area contributed by atoms with Crippen LogP contribution in [0.1, 0.15) is 12.1 Å². The van der Waals surface area contributed by atoms with Crippen molar-refractivity contribution >= 4 is 23.2 Å². The Morgan fingerprint density at radius 2 is 2.04 bits per heavy atom. The molecule has 0 aliphatic carbocycles. The van der Waals surface area contributed by atoms with Crippen molar-refractivity contribution in [1.82, 2.24) is 9.88 Å². The van der Waals surface area contributed by atoms with Crippen molar-refractivity contribution in [3.8, 4) is 0 Å². The van der Waals surface area contributed by atoms with Crippen molar-refractivity contribution in [3.05, 3.63) is 70.6 Å². The molecule has 0 radical (unpaired) electrons. The molecule has 6 heteroatoms. The highest BCUT2D eigenvalue weighted by molar-refractivity contribution is 6.30. The zero-order valence-corrected chi connectivity index (χ0v) is 14.0. The normalized spacial score (nSPS) is 15.4. The minimum atomic E-state index is -0.146. The van der Waals surface area contributed by atoms with Gasteiger partial charge >= 0.3 is 0 Å². The van der Waals surface area contributed by atoms with Crippen molar-refractivity contribution in [1.29, 1.82) is 0 Å². The standard InChI is InChI=1S/C18H19ClN4O/c19-13-4-6-14(7-5-13)22-18(24)16-8-10-23(12-17(16)20)11-15-3-1-2-9-21-15/h1-7,9H,8,10-12,20H2,(H,22,24). The summed E-state index contributed by atoms with van der Waals surface area (Å²) in [5.74, 6) is -0.146. The first kappa shape index (κ1) is 16.5. The Balaban J connectivity index is 1.63. The summed E-state index contributed by atoms with van der Waals surface area (Å²) in [6, 6.07) is 12.9. The Morgan fingerprint density at radius 3 is 2.71 bits per heavy atom. The van der Waals surface area contributed by atoms with E-state index < -0.39 is 0 Å². The number of halogens is 1. The first-order valence-corrected chi connectivity index (χ1v) is 8.16. The van der Waals surface area contributed by atoms with Gasteiger partial charge in [0.05, 0.1) is 5.69 Å². The molecule has 3 N–H and O–H groups in total. The van der Waals surface area contributed by atoms with E-state index in [1.54, 1.807) is 30.5 Å². The fraction of sp³-hybridized carbons (Fsp3) is 0.222. The van der Waals surface area contributed by atoms with Crippen molar-refractivity contribution in [2.75, 3.05) is 18.4 Å². The Labute approximate surface area is 146 Å². The van der Waals surface area contributed by atoms with E-state index in [-0.39, 0.29) is 5.91 Å². The number of hydrogen-bond acceptors (Lipinski definition) is 4. The maximum atomic E-state index is 12.4. The maximum absolute atomic E-state index is 12.4. The fourth-order valence-corrected chi connectivity index (χ4v) is 2.83. The lowest BCUT2D eigenvalue weighted by Crippen LogP contribution is -2.36. The molecule has 1 amide bonds. The summed E-state index contributed by atoms with van der Waals surface area (Å²) in [7, 11) is 0. The number of pyridine rings is 1. The Kier molecular flexibility index (Phi) is 5.13. The molecule has 0 fully saturated rings. The zero-order valence-electron chi connectivity index (χ0n) is 13.2.